The average molecular weight is 240 g/mol. The van der Waals surface area contributed by atoms with Crippen LogP contribution in [0.3, 0.4) is 0 Å². The minimum Gasteiger partial charge on any atom is -0.462 e. The zero-order valence-electron chi connectivity index (χ0n) is 11.4. The number of ether oxygens (including phenoxy) is 2. The van der Waals surface area contributed by atoms with Crippen LogP contribution in [0.5, 0.6) is 0 Å². The summed E-state index contributed by atoms with van der Waals surface area (Å²) in [6, 6.07) is 0. The van der Waals surface area contributed by atoms with Crippen LogP contribution in [0.25, 0.3) is 0 Å². The summed E-state index contributed by atoms with van der Waals surface area (Å²) in [5.41, 5.74) is -0.266. The van der Waals surface area contributed by atoms with Gasteiger partial charge in [-0.15, -0.1) is 0 Å². The molecule has 0 N–H and O–H groups in total. The predicted molar refractivity (Wildman–Crippen MR) is 65.7 cm³/mol. The molecule has 0 aromatic carbocycles. The number of carbonyl (C=O) groups is 1. The lowest BCUT2D eigenvalue weighted by Gasteiger charge is -2.56. The van der Waals surface area contributed by atoms with Gasteiger partial charge < -0.3 is 9.47 Å². The summed E-state index contributed by atoms with van der Waals surface area (Å²) in [7, 11) is 0. The second kappa shape index (κ2) is 4.27. The Balaban J connectivity index is 2.07. The molecule has 1 aliphatic carbocycles. The van der Waals surface area contributed by atoms with Crippen molar-refractivity contribution in [2.24, 2.45) is 5.92 Å². The van der Waals surface area contributed by atoms with Crippen LogP contribution >= 0.6 is 0 Å². The van der Waals surface area contributed by atoms with E-state index in [0.29, 0.717) is 12.3 Å². The molecule has 3 heteroatoms. The van der Waals surface area contributed by atoms with E-state index >= 15 is 0 Å². The van der Waals surface area contributed by atoms with Gasteiger partial charge in [0.2, 0.25) is 0 Å². The molecule has 3 rings (SSSR count). The fourth-order valence-electron chi connectivity index (χ4n) is 3.47. The predicted octanol–water partition coefficient (Wildman–Crippen LogP) is 3.07. The molecule has 17 heavy (non-hydrogen) atoms. The van der Waals surface area contributed by atoms with Crippen LogP contribution in [0.4, 0.5) is 0 Å². The maximum Gasteiger partial charge on any atom is 0.306 e. The summed E-state index contributed by atoms with van der Waals surface area (Å²) in [5, 5.41) is 0. The zero-order chi connectivity index (χ0) is 12.7. The number of fused-ring (bicyclic) bond motifs is 3. The Labute approximate surface area is 104 Å². The Kier molecular flexibility index (Phi) is 3.23. The first-order valence-electron chi connectivity index (χ1n) is 6.76. The van der Waals surface area contributed by atoms with Crippen LogP contribution in [0.1, 0.15) is 59.8 Å². The number of carbonyl (C=O) groups excluding carboxylic acids is 1. The van der Waals surface area contributed by atoms with Crippen molar-refractivity contribution in [3.8, 4) is 0 Å². The largest absolute Gasteiger partial charge is 0.462 e. The summed E-state index contributed by atoms with van der Waals surface area (Å²) in [6.45, 7) is 8.39. The molecule has 0 amide bonds. The molecule has 2 bridgehead atoms. The summed E-state index contributed by atoms with van der Waals surface area (Å²) in [6.07, 6.45) is 4.48. The van der Waals surface area contributed by atoms with Gasteiger partial charge >= 0.3 is 5.97 Å². The van der Waals surface area contributed by atoms with E-state index in [-0.39, 0.29) is 23.3 Å². The third-order valence-corrected chi connectivity index (χ3v) is 4.21. The van der Waals surface area contributed by atoms with Crippen LogP contribution in [0, 0.1) is 5.92 Å². The van der Waals surface area contributed by atoms with Crippen molar-refractivity contribution < 1.29 is 14.3 Å². The summed E-state index contributed by atoms with van der Waals surface area (Å²) in [5.74, 6) is 0.301. The third-order valence-electron chi connectivity index (χ3n) is 4.21. The quantitative estimate of drug-likeness (QED) is 0.711. The van der Waals surface area contributed by atoms with Crippen molar-refractivity contribution in [3.63, 3.8) is 0 Å². The van der Waals surface area contributed by atoms with E-state index in [4.69, 9.17) is 9.47 Å². The maximum absolute atomic E-state index is 11.6. The number of hydrogen-bond donors (Lipinski definition) is 0. The van der Waals surface area contributed by atoms with E-state index in [1.54, 1.807) is 0 Å². The van der Waals surface area contributed by atoms with Crippen molar-refractivity contribution in [1.82, 2.24) is 0 Å². The van der Waals surface area contributed by atoms with Gasteiger partial charge in [-0.25, -0.2) is 0 Å². The number of esters is 1. The van der Waals surface area contributed by atoms with Gasteiger partial charge in [0.1, 0.15) is 6.10 Å². The SMILES string of the molecule is CCCC(=O)O[C@H]1C[C@@]2(C)CC[C@H]1C(C)(C)O2. The molecule has 3 nitrogen and oxygen atoms in total. The van der Waals surface area contributed by atoms with Gasteiger partial charge in [-0.1, -0.05) is 6.92 Å². The first-order valence-corrected chi connectivity index (χ1v) is 6.76. The smallest absolute Gasteiger partial charge is 0.306 e. The van der Waals surface area contributed by atoms with Crippen LogP contribution in [0.2, 0.25) is 0 Å². The van der Waals surface area contributed by atoms with Crippen molar-refractivity contribution in [2.45, 2.75) is 77.1 Å². The molecule has 98 valence electrons. The number of hydrogen-bond acceptors (Lipinski definition) is 3. The minimum atomic E-state index is -0.164. The maximum atomic E-state index is 11.6. The van der Waals surface area contributed by atoms with E-state index in [9.17, 15) is 4.79 Å². The summed E-state index contributed by atoms with van der Waals surface area (Å²) < 4.78 is 11.8. The van der Waals surface area contributed by atoms with Gasteiger partial charge in [0, 0.05) is 18.8 Å². The van der Waals surface area contributed by atoms with Crippen LogP contribution in [-0.2, 0) is 14.3 Å². The molecular weight excluding hydrogens is 216 g/mol. The molecule has 3 fully saturated rings. The van der Waals surface area contributed by atoms with Crippen molar-refractivity contribution in [3.05, 3.63) is 0 Å². The molecule has 2 saturated heterocycles. The molecular formula is C14H24O3. The topological polar surface area (TPSA) is 35.5 Å². The Morgan fingerprint density at radius 3 is 2.65 bits per heavy atom. The van der Waals surface area contributed by atoms with Crippen molar-refractivity contribution in [1.29, 1.82) is 0 Å². The third kappa shape index (κ3) is 2.49. The van der Waals surface area contributed by atoms with Crippen molar-refractivity contribution in [2.75, 3.05) is 0 Å². The lowest BCUT2D eigenvalue weighted by molar-refractivity contribution is -0.267. The molecule has 2 aliphatic heterocycles. The molecule has 3 aliphatic rings. The first-order chi connectivity index (χ1) is 7.86. The summed E-state index contributed by atoms with van der Waals surface area (Å²) >= 11 is 0. The lowest BCUT2D eigenvalue weighted by atomic mass is 9.67. The highest BCUT2D eigenvalue weighted by Gasteiger charge is 2.54. The van der Waals surface area contributed by atoms with Gasteiger partial charge in [0.25, 0.3) is 0 Å². The van der Waals surface area contributed by atoms with E-state index in [1.807, 2.05) is 6.92 Å². The van der Waals surface area contributed by atoms with E-state index < -0.39 is 0 Å². The molecule has 0 aromatic heterocycles. The first kappa shape index (κ1) is 12.9. The molecule has 3 atom stereocenters. The fourth-order valence-corrected chi connectivity index (χ4v) is 3.47. The summed E-state index contributed by atoms with van der Waals surface area (Å²) in [4.78, 5) is 11.6. The van der Waals surface area contributed by atoms with Gasteiger partial charge in [-0.3, -0.25) is 4.79 Å². The number of rotatable bonds is 3. The fraction of sp³-hybridized carbons (Fsp3) is 0.929. The second-order valence-corrected chi connectivity index (χ2v) is 6.28. The van der Waals surface area contributed by atoms with Gasteiger partial charge in [-0.05, 0) is 40.0 Å². The van der Waals surface area contributed by atoms with Gasteiger partial charge in [0.05, 0.1) is 11.2 Å². The highest BCUT2D eigenvalue weighted by molar-refractivity contribution is 5.69. The van der Waals surface area contributed by atoms with E-state index in [2.05, 4.69) is 20.8 Å². The molecule has 0 unspecified atom stereocenters. The average Bonchev–Trinajstić information content (AvgIpc) is 2.14. The molecule has 0 radical (unpaired) electrons. The molecule has 0 spiro atoms. The van der Waals surface area contributed by atoms with E-state index in [1.165, 1.54) is 0 Å². The minimum absolute atomic E-state index is 0.0514. The standard InChI is InChI=1S/C14H24O3/c1-5-6-12(15)16-11-9-14(4)8-7-10(11)13(2,3)17-14/h10-11H,5-9H2,1-4H3/t10-,11+,14-/m1/s1. The van der Waals surface area contributed by atoms with Crippen molar-refractivity contribution >= 4 is 5.97 Å². The monoisotopic (exact) mass is 240 g/mol. The normalized spacial score (nSPS) is 39.1. The van der Waals surface area contributed by atoms with E-state index in [0.717, 1.165) is 25.7 Å². The molecule has 2 heterocycles. The zero-order valence-corrected chi connectivity index (χ0v) is 11.4. The Bertz CT molecular complexity index is 308. The Hall–Kier alpha value is -0.570. The highest BCUT2D eigenvalue weighted by atomic mass is 16.6. The lowest BCUT2D eigenvalue weighted by Crippen LogP contribution is -2.60. The van der Waals surface area contributed by atoms with Crippen LogP contribution < -0.4 is 0 Å². The van der Waals surface area contributed by atoms with Gasteiger partial charge in [-0.2, -0.15) is 0 Å². The van der Waals surface area contributed by atoms with Crippen LogP contribution in [0.15, 0.2) is 0 Å². The second-order valence-electron chi connectivity index (χ2n) is 6.28. The molecule has 0 aromatic rings. The highest BCUT2D eigenvalue weighted by Crippen LogP contribution is 2.50. The Morgan fingerprint density at radius 1 is 1.41 bits per heavy atom. The Morgan fingerprint density at radius 2 is 2.12 bits per heavy atom. The molecule has 1 saturated carbocycles. The van der Waals surface area contributed by atoms with Gasteiger partial charge in [0.15, 0.2) is 0 Å². The van der Waals surface area contributed by atoms with Crippen LogP contribution in [-0.4, -0.2) is 23.3 Å².